The van der Waals surface area contributed by atoms with E-state index in [1.165, 1.54) is 57.8 Å². The molecule has 0 heterocycles. The minimum Gasteiger partial charge on any atom is -0.393 e. The van der Waals surface area contributed by atoms with Crippen molar-refractivity contribution in [3.8, 4) is 0 Å². The summed E-state index contributed by atoms with van der Waals surface area (Å²) < 4.78 is 0. The van der Waals surface area contributed by atoms with Gasteiger partial charge in [-0.1, -0.05) is 50.5 Å². The summed E-state index contributed by atoms with van der Waals surface area (Å²) in [5.74, 6) is 4.09. The van der Waals surface area contributed by atoms with Gasteiger partial charge in [-0.2, -0.15) is 0 Å². The third kappa shape index (κ3) is 3.66. The Morgan fingerprint density at radius 3 is 2.47 bits per heavy atom. The van der Waals surface area contributed by atoms with E-state index in [1.54, 1.807) is 11.1 Å². The van der Waals surface area contributed by atoms with Gasteiger partial charge in [-0.3, -0.25) is 0 Å². The van der Waals surface area contributed by atoms with Gasteiger partial charge in [0.15, 0.2) is 0 Å². The van der Waals surface area contributed by atoms with Crippen LogP contribution in [-0.4, -0.2) is 11.2 Å². The smallest absolute Gasteiger partial charge is 0.0543 e. The minimum atomic E-state index is -0.0441. The Labute approximate surface area is 186 Å². The zero-order valence-electron chi connectivity index (χ0n) is 20.8. The van der Waals surface area contributed by atoms with Crippen molar-refractivity contribution in [3.05, 3.63) is 22.8 Å². The van der Waals surface area contributed by atoms with Gasteiger partial charge in [-0.05, 0) is 125 Å². The third-order valence-electron chi connectivity index (χ3n) is 10.8. The maximum atomic E-state index is 10.3. The number of hydrogen-bond acceptors (Lipinski definition) is 1. The highest BCUT2D eigenvalue weighted by atomic mass is 16.3. The summed E-state index contributed by atoms with van der Waals surface area (Å²) in [5.41, 5.74) is 6.09. The van der Waals surface area contributed by atoms with Crippen molar-refractivity contribution < 1.29 is 5.11 Å². The van der Waals surface area contributed by atoms with Crippen molar-refractivity contribution in [2.75, 3.05) is 0 Å². The van der Waals surface area contributed by atoms with Crippen molar-refractivity contribution in [1.82, 2.24) is 0 Å². The lowest BCUT2D eigenvalue weighted by Gasteiger charge is -2.57. The summed E-state index contributed by atoms with van der Waals surface area (Å²) in [4.78, 5) is 0. The molecule has 0 saturated heterocycles. The predicted molar refractivity (Wildman–Crippen MR) is 128 cm³/mol. The predicted octanol–water partition coefficient (Wildman–Crippen LogP) is 8.09. The van der Waals surface area contributed by atoms with Crippen LogP contribution in [0.3, 0.4) is 0 Å². The van der Waals surface area contributed by atoms with Gasteiger partial charge in [0.1, 0.15) is 0 Å². The molecule has 0 amide bonds. The van der Waals surface area contributed by atoms with Gasteiger partial charge < -0.3 is 5.11 Å². The molecule has 4 rings (SSSR count). The van der Waals surface area contributed by atoms with Gasteiger partial charge in [0.25, 0.3) is 0 Å². The zero-order valence-corrected chi connectivity index (χ0v) is 20.8. The SMILES string of the molecule is CCC(CC[C@@H](C)[C@H]1CC[C@H]2C3=CCC4CC(O)CC[C@]4(C)[C@H]3CC[C@]12C)=C(C)C. The van der Waals surface area contributed by atoms with Crippen LogP contribution in [0.25, 0.3) is 0 Å². The van der Waals surface area contributed by atoms with E-state index >= 15 is 0 Å². The monoisotopic (exact) mass is 412 g/mol. The van der Waals surface area contributed by atoms with Gasteiger partial charge in [0.05, 0.1) is 6.10 Å². The average Bonchev–Trinajstić information content (AvgIpc) is 3.06. The van der Waals surface area contributed by atoms with Crippen molar-refractivity contribution in [1.29, 1.82) is 0 Å². The highest BCUT2D eigenvalue weighted by molar-refractivity contribution is 5.27. The van der Waals surface area contributed by atoms with E-state index in [0.29, 0.717) is 16.7 Å². The Kier molecular flexibility index (Phi) is 6.35. The molecule has 0 aliphatic heterocycles. The van der Waals surface area contributed by atoms with Crippen molar-refractivity contribution in [3.63, 3.8) is 0 Å². The molecule has 0 spiro atoms. The minimum absolute atomic E-state index is 0.0441. The number of fused-ring (bicyclic) bond motifs is 5. The van der Waals surface area contributed by atoms with Crippen LogP contribution in [0.2, 0.25) is 0 Å². The second kappa shape index (κ2) is 8.42. The average molecular weight is 413 g/mol. The molecule has 170 valence electrons. The van der Waals surface area contributed by atoms with Crippen LogP contribution in [-0.2, 0) is 0 Å². The molecular formula is C29H48O. The number of aliphatic hydroxyl groups excluding tert-OH is 1. The zero-order chi connectivity index (χ0) is 21.7. The number of aliphatic hydroxyl groups is 1. The Bertz CT molecular complexity index is 697. The molecule has 3 fully saturated rings. The lowest BCUT2D eigenvalue weighted by molar-refractivity contribution is -0.0427. The van der Waals surface area contributed by atoms with Gasteiger partial charge in [-0.25, -0.2) is 0 Å². The standard InChI is InChI=1S/C29H48O/c1-7-21(19(2)3)9-8-20(4)25-12-13-26-24-11-10-22-18-23(30)14-16-28(22,5)27(24)15-17-29(25,26)6/h11,20,22-23,25-27,30H,7-10,12-18H2,1-6H3/t20-,22?,23?,25-,26+,27+,28+,29-/m1/s1. The highest BCUT2D eigenvalue weighted by Gasteiger charge is 2.58. The van der Waals surface area contributed by atoms with E-state index in [1.807, 2.05) is 5.57 Å². The molecule has 0 aromatic carbocycles. The molecule has 1 nitrogen and oxygen atoms in total. The van der Waals surface area contributed by atoms with Crippen LogP contribution in [0.1, 0.15) is 112 Å². The molecule has 0 aromatic rings. The van der Waals surface area contributed by atoms with Crippen LogP contribution in [0.5, 0.6) is 0 Å². The highest BCUT2D eigenvalue weighted by Crippen LogP contribution is 2.67. The second-order valence-electron chi connectivity index (χ2n) is 12.4. The molecule has 8 atom stereocenters. The molecule has 4 aliphatic rings. The van der Waals surface area contributed by atoms with Crippen LogP contribution < -0.4 is 0 Å². The largest absolute Gasteiger partial charge is 0.393 e. The fraction of sp³-hybridized carbons (Fsp3) is 0.862. The topological polar surface area (TPSA) is 20.2 Å². The summed E-state index contributed by atoms with van der Waals surface area (Å²) in [5, 5.41) is 10.3. The maximum Gasteiger partial charge on any atom is 0.0543 e. The molecule has 30 heavy (non-hydrogen) atoms. The van der Waals surface area contributed by atoms with Crippen LogP contribution in [0.4, 0.5) is 0 Å². The van der Waals surface area contributed by atoms with Crippen molar-refractivity contribution in [2.24, 2.45) is 40.4 Å². The number of hydrogen-bond donors (Lipinski definition) is 1. The van der Waals surface area contributed by atoms with Gasteiger partial charge in [0.2, 0.25) is 0 Å². The van der Waals surface area contributed by atoms with E-state index < -0.39 is 0 Å². The molecule has 0 radical (unpaired) electrons. The summed E-state index contributed by atoms with van der Waals surface area (Å²) in [6.45, 7) is 14.7. The van der Waals surface area contributed by atoms with Crippen LogP contribution >= 0.6 is 0 Å². The van der Waals surface area contributed by atoms with E-state index in [0.717, 1.165) is 36.5 Å². The van der Waals surface area contributed by atoms with Crippen molar-refractivity contribution in [2.45, 2.75) is 118 Å². The molecule has 0 bridgehead atoms. The summed E-state index contributed by atoms with van der Waals surface area (Å²) >= 11 is 0. The third-order valence-corrected chi connectivity index (χ3v) is 10.8. The Morgan fingerprint density at radius 1 is 1.07 bits per heavy atom. The molecule has 4 aliphatic carbocycles. The first-order chi connectivity index (χ1) is 14.2. The molecule has 3 saturated carbocycles. The molecule has 1 N–H and O–H groups in total. The first-order valence-electron chi connectivity index (χ1n) is 13.2. The molecular weight excluding hydrogens is 364 g/mol. The van der Waals surface area contributed by atoms with E-state index in [4.69, 9.17) is 0 Å². The Hall–Kier alpha value is -0.560. The molecule has 1 heteroatoms. The lowest BCUT2D eigenvalue weighted by atomic mass is 9.47. The summed E-state index contributed by atoms with van der Waals surface area (Å²) in [7, 11) is 0. The molecule has 2 unspecified atom stereocenters. The normalized spacial score (nSPS) is 43.8. The number of allylic oxidation sites excluding steroid dienone is 4. The van der Waals surface area contributed by atoms with Crippen LogP contribution in [0.15, 0.2) is 22.8 Å². The van der Waals surface area contributed by atoms with E-state index in [2.05, 4.69) is 47.6 Å². The first-order valence-corrected chi connectivity index (χ1v) is 13.2. The quantitative estimate of drug-likeness (QED) is 0.452. The van der Waals surface area contributed by atoms with E-state index in [-0.39, 0.29) is 6.10 Å². The van der Waals surface area contributed by atoms with Crippen LogP contribution in [0, 0.1) is 40.4 Å². The Balaban J connectivity index is 1.50. The lowest BCUT2D eigenvalue weighted by Crippen LogP contribution is -2.49. The summed E-state index contributed by atoms with van der Waals surface area (Å²) in [6.07, 6.45) is 16.8. The number of rotatable bonds is 5. The fourth-order valence-electron chi connectivity index (χ4n) is 8.85. The molecule has 0 aromatic heterocycles. The van der Waals surface area contributed by atoms with Gasteiger partial charge >= 0.3 is 0 Å². The van der Waals surface area contributed by atoms with Gasteiger partial charge in [-0.15, -0.1) is 0 Å². The van der Waals surface area contributed by atoms with E-state index in [9.17, 15) is 5.11 Å². The second-order valence-corrected chi connectivity index (χ2v) is 12.4. The maximum absolute atomic E-state index is 10.3. The first kappa shape index (κ1) is 22.6. The van der Waals surface area contributed by atoms with Crippen molar-refractivity contribution >= 4 is 0 Å². The van der Waals surface area contributed by atoms with Gasteiger partial charge in [0, 0.05) is 0 Å². The summed E-state index contributed by atoms with van der Waals surface area (Å²) in [6, 6.07) is 0. The Morgan fingerprint density at radius 2 is 1.77 bits per heavy atom. The fourth-order valence-corrected chi connectivity index (χ4v) is 8.85.